The molecular formula is C17H24N2O. The number of hydrogen-bond acceptors (Lipinski definition) is 1. The largest absolute Gasteiger partial charge is 0.335 e. The molecule has 0 heterocycles. The van der Waals surface area contributed by atoms with Gasteiger partial charge in [-0.1, -0.05) is 44.2 Å². The fourth-order valence-electron chi connectivity index (χ4n) is 2.73. The van der Waals surface area contributed by atoms with Crippen LogP contribution < -0.4 is 5.32 Å². The van der Waals surface area contributed by atoms with Crippen LogP contribution in [0.1, 0.15) is 31.4 Å². The maximum absolute atomic E-state index is 11.6. The van der Waals surface area contributed by atoms with E-state index in [9.17, 15) is 4.79 Å². The van der Waals surface area contributed by atoms with Crippen molar-refractivity contribution in [2.24, 2.45) is 5.41 Å². The second kappa shape index (κ2) is 5.70. The summed E-state index contributed by atoms with van der Waals surface area (Å²) >= 11 is 0. The third-order valence-electron chi connectivity index (χ3n) is 4.02. The molecule has 1 N–H and O–H groups in total. The van der Waals surface area contributed by atoms with Crippen molar-refractivity contribution in [3.8, 4) is 0 Å². The average Bonchev–Trinajstić information content (AvgIpc) is 2.40. The van der Waals surface area contributed by atoms with Crippen LogP contribution in [0.15, 0.2) is 30.3 Å². The van der Waals surface area contributed by atoms with E-state index in [4.69, 9.17) is 0 Å². The number of nitrogens with zero attached hydrogens (tertiary/aromatic N) is 1. The van der Waals surface area contributed by atoms with Crippen LogP contribution in [0.2, 0.25) is 0 Å². The van der Waals surface area contributed by atoms with Crippen LogP contribution in [0.25, 0.3) is 5.57 Å². The minimum atomic E-state index is -0.0521. The van der Waals surface area contributed by atoms with Crippen molar-refractivity contribution in [3.05, 3.63) is 41.5 Å². The van der Waals surface area contributed by atoms with Gasteiger partial charge in [-0.25, -0.2) is 4.79 Å². The number of rotatable bonds is 2. The van der Waals surface area contributed by atoms with Crippen LogP contribution >= 0.6 is 0 Å². The highest BCUT2D eigenvalue weighted by Crippen LogP contribution is 2.43. The van der Waals surface area contributed by atoms with Gasteiger partial charge in [0.15, 0.2) is 0 Å². The molecule has 0 unspecified atom stereocenters. The number of amides is 2. The monoisotopic (exact) mass is 272 g/mol. The van der Waals surface area contributed by atoms with Crippen LogP contribution in [-0.2, 0) is 6.42 Å². The Bertz CT molecular complexity index is 530. The molecule has 0 aromatic heterocycles. The molecule has 0 saturated heterocycles. The normalized spacial score (nSPS) is 18.5. The van der Waals surface area contributed by atoms with Gasteiger partial charge < -0.3 is 10.2 Å². The van der Waals surface area contributed by atoms with Gasteiger partial charge in [0, 0.05) is 20.6 Å². The zero-order valence-electron chi connectivity index (χ0n) is 12.9. The van der Waals surface area contributed by atoms with E-state index in [-0.39, 0.29) is 11.4 Å². The van der Waals surface area contributed by atoms with Crippen molar-refractivity contribution in [1.82, 2.24) is 10.2 Å². The molecule has 2 amide bonds. The summed E-state index contributed by atoms with van der Waals surface area (Å²) in [6.45, 7) is 5.13. The van der Waals surface area contributed by atoms with Gasteiger partial charge in [-0.05, 0) is 35.0 Å². The summed E-state index contributed by atoms with van der Waals surface area (Å²) in [5.41, 5.74) is 4.26. The molecule has 2 rings (SSSR count). The molecule has 0 atom stereocenters. The van der Waals surface area contributed by atoms with Crippen LogP contribution in [0.4, 0.5) is 4.79 Å². The van der Waals surface area contributed by atoms with E-state index in [2.05, 4.69) is 49.5 Å². The summed E-state index contributed by atoms with van der Waals surface area (Å²) in [5.74, 6) is 0. The van der Waals surface area contributed by atoms with Crippen molar-refractivity contribution >= 4 is 11.6 Å². The number of aryl methyl sites for hydroxylation is 1. The molecule has 1 aromatic rings. The second-order valence-electron chi connectivity index (χ2n) is 6.24. The first-order valence-electron chi connectivity index (χ1n) is 7.16. The van der Waals surface area contributed by atoms with Crippen molar-refractivity contribution in [2.75, 3.05) is 20.6 Å². The zero-order valence-corrected chi connectivity index (χ0v) is 12.9. The molecule has 0 spiro atoms. The summed E-state index contributed by atoms with van der Waals surface area (Å²) in [6, 6.07) is 8.53. The molecule has 0 radical (unpaired) electrons. The Balaban J connectivity index is 2.21. The Kier molecular flexibility index (Phi) is 4.17. The van der Waals surface area contributed by atoms with Crippen molar-refractivity contribution in [3.63, 3.8) is 0 Å². The number of fused-ring (bicyclic) bond motifs is 1. The lowest BCUT2D eigenvalue weighted by molar-refractivity contribution is 0.218. The van der Waals surface area contributed by atoms with E-state index in [1.54, 1.807) is 19.0 Å². The third kappa shape index (κ3) is 3.03. The Morgan fingerprint density at radius 2 is 2.05 bits per heavy atom. The topological polar surface area (TPSA) is 32.3 Å². The Hall–Kier alpha value is -1.77. The van der Waals surface area contributed by atoms with E-state index < -0.39 is 0 Å². The van der Waals surface area contributed by atoms with Gasteiger partial charge in [0.25, 0.3) is 0 Å². The molecule has 20 heavy (non-hydrogen) atoms. The maximum Gasteiger partial charge on any atom is 0.317 e. The highest BCUT2D eigenvalue weighted by Gasteiger charge is 2.29. The smallest absolute Gasteiger partial charge is 0.317 e. The molecule has 0 saturated carbocycles. The maximum atomic E-state index is 11.6. The highest BCUT2D eigenvalue weighted by atomic mass is 16.2. The number of hydrogen-bond donors (Lipinski definition) is 1. The zero-order chi connectivity index (χ0) is 14.8. The summed E-state index contributed by atoms with van der Waals surface area (Å²) in [7, 11) is 3.50. The number of carbonyl (C=O) groups is 1. The van der Waals surface area contributed by atoms with E-state index in [1.807, 2.05) is 0 Å². The molecule has 0 bridgehead atoms. The van der Waals surface area contributed by atoms with Crippen LogP contribution in [0, 0.1) is 5.41 Å². The number of urea groups is 1. The molecular weight excluding hydrogens is 248 g/mol. The SMILES string of the molecule is CN(C)C(=O)NCC=C1c2ccccc2CCC1(C)C. The van der Waals surface area contributed by atoms with E-state index >= 15 is 0 Å². The molecule has 3 heteroatoms. The van der Waals surface area contributed by atoms with E-state index in [1.165, 1.54) is 16.7 Å². The average molecular weight is 272 g/mol. The summed E-state index contributed by atoms with van der Waals surface area (Å²) < 4.78 is 0. The minimum Gasteiger partial charge on any atom is -0.335 e. The number of nitrogens with one attached hydrogen (secondary N) is 1. The van der Waals surface area contributed by atoms with Crippen molar-refractivity contribution < 1.29 is 4.79 Å². The predicted molar refractivity (Wildman–Crippen MR) is 83.6 cm³/mol. The lowest BCUT2D eigenvalue weighted by Crippen LogP contribution is -2.34. The predicted octanol–water partition coefficient (Wildman–Crippen LogP) is 3.31. The van der Waals surface area contributed by atoms with Gasteiger partial charge >= 0.3 is 6.03 Å². The molecule has 0 aliphatic heterocycles. The molecule has 1 aromatic carbocycles. The van der Waals surface area contributed by atoms with Crippen LogP contribution in [0.5, 0.6) is 0 Å². The molecule has 3 nitrogen and oxygen atoms in total. The van der Waals surface area contributed by atoms with Gasteiger partial charge in [-0.3, -0.25) is 0 Å². The first-order chi connectivity index (χ1) is 9.42. The van der Waals surface area contributed by atoms with Gasteiger partial charge in [0.1, 0.15) is 0 Å². The van der Waals surface area contributed by atoms with Crippen molar-refractivity contribution in [1.29, 1.82) is 0 Å². The molecule has 108 valence electrons. The Morgan fingerprint density at radius 3 is 2.75 bits per heavy atom. The fourth-order valence-corrected chi connectivity index (χ4v) is 2.73. The number of carbonyl (C=O) groups excluding carboxylic acids is 1. The number of allylic oxidation sites excluding steroid dienone is 1. The van der Waals surface area contributed by atoms with E-state index in [0.29, 0.717) is 6.54 Å². The molecule has 0 fully saturated rings. The summed E-state index contributed by atoms with van der Waals surface area (Å²) in [6.07, 6.45) is 4.45. The van der Waals surface area contributed by atoms with Gasteiger partial charge in [-0.2, -0.15) is 0 Å². The number of benzene rings is 1. The standard InChI is InChI=1S/C17H24N2O/c1-17(2)11-9-13-7-5-6-8-14(13)15(17)10-12-18-16(20)19(3)4/h5-8,10H,9,11-12H2,1-4H3,(H,18,20). The van der Waals surface area contributed by atoms with Gasteiger partial charge in [-0.15, -0.1) is 0 Å². The fraction of sp³-hybridized carbons (Fsp3) is 0.471. The van der Waals surface area contributed by atoms with Crippen LogP contribution in [0.3, 0.4) is 0 Å². The summed E-state index contributed by atoms with van der Waals surface area (Å²) in [5, 5.41) is 2.91. The van der Waals surface area contributed by atoms with Gasteiger partial charge in [0.2, 0.25) is 0 Å². The quantitative estimate of drug-likeness (QED) is 0.880. The Labute approximate surface area is 121 Å². The molecule has 1 aliphatic carbocycles. The lowest BCUT2D eigenvalue weighted by atomic mass is 9.70. The van der Waals surface area contributed by atoms with E-state index in [0.717, 1.165) is 12.8 Å². The van der Waals surface area contributed by atoms with Crippen LogP contribution in [-0.4, -0.2) is 31.6 Å². The minimum absolute atomic E-state index is 0.0521. The highest BCUT2D eigenvalue weighted by molar-refractivity contribution is 5.76. The summed E-state index contributed by atoms with van der Waals surface area (Å²) in [4.78, 5) is 13.1. The first-order valence-corrected chi connectivity index (χ1v) is 7.16. The third-order valence-corrected chi connectivity index (χ3v) is 4.02. The lowest BCUT2D eigenvalue weighted by Gasteiger charge is -2.35. The Morgan fingerprint density at radius 1 is 1.35 bits per heavy atom. The second-order valence-corrected chi connectivity index (χ2v) is 6.24. The van der Waals surface area contributed by atoms with Crippen molar-refractivity contribution in [2.45, 2.75) is 26.7 Å². The molecule has 1 aliphatic rings. The van der Waals surface area contributed by atoms with Gasteiger partial charge in [0.05, 0.1) is 0 Å². The first kappa shape index (κ1) is 14.6.